The van der Waals surface area contributed by atoms with E-state index in [-0.39, 0.29) is 6.61 Å². The number of anilines is 1. The number of aryl methyl sites for hydroxylation is 1. The predicted molar refractivity (Wildman–Crippen MR) is 106 cm³/mol. The minimum Gasteiger partial charge on any atom is -0.462 e. The van der Waals surface area contributed by atoms with Crippen molar-refractivity contribution in [2.24, 2.45) is 0 Å². The molecule has 1 amide bonds. The average molecular weight is 420 g/mol. The van der Waals surface area contributed by atoms with E-state index in [1.165, 1.54) is 35.6 Å². The molecule has 2 aromatic rings. The number of esters is 2. The molecule has 0 unspecified atom stereocenters. The Kier molecular flexibility index (Phi) is 6.63. The van der Waals surface area contributed by atoms with Gasteiger partial charge in [-0.3, -0.25) is 4.79 Å². The Labute approximate surface area is 172 Å². The average Bonchev–Trinajstić information content (AvgIpc) is 3.35. The van der Waals surface area contributed by atoms with Crippen LogP contribution in [0.3, 0.4) is 0 Å². The molecular formula is C19H24N4O5S. The smallest absolute Gasteiger partial charge is 0.341 e. The molecule has 1 N–H and O–H groups in total. The van der Waals surface area contributed by atoms with Crippen LogP contribution in [0, 0.1) is 0 Å². The van der Waals surface area contributed by atoms with Crippen molar-refractivity contribution in [1.29, 1.82) is 0 Å². The van der Waals surface area contributed by atoms with Gasteiger partial charge in [0.25, 0.3) is 5.91 Å². The largest absolute Gasteiger partial charge is 0.462 e. The van der Waals surface area contributed by atoms with Crippen molar-refractivity contribution in [3.05, 3.63) is 28.7 Å². The third kappa shape index (κ3) is 4.64. The van der Waals surface area contributed by atoms with Crippen LogP contribution in [0.15, 0.2) is 12.7 Å². The fourth-order valence-corrected chi connectivity index (χ4v) is 4.42. The van der Waals surface area contributed by atoms with Gasteiger partial charge in [0.05, 0.1) is 12.2 Å². The monoisotopic (exact) mass is 420 g/mol. The number of aromatic nitrogens is 3. The van der Waals surface area contributed by atoms with E-state index in [9.17, 15) is 14.4 Å². The maximum atomic E-state index is 12.6. The highest BCUT2D eigenvalue weighted by Crippen LogP contribution is 2.38. The normalized spacial score (nSPS) is 15.1. The summed E-state index contributed by atoms with van der Waals surface area (Å²) in [5.41, 5.74) is 1.38. The number of ether oxygens (including phenoxy) is 2. The first-order valence-electron chi connectivity index (χ1n) is 9.59. The molecule has 10 heteroatoms. The van der Waals surface area contributed by atoms with Crippen molar-refractivity contribution in [3.8, 4) is 0 Å². The molecule has 0 spiro atoms. The number of hydrogen-bond acceptors (Lipinski definition) is 8. The molecule has 1 aliphatic rings. The first kappa shape index (κ1) is 21.0. The molecule has 29 heavy (non-hydrogen) atoms. The lowest BCUT2D eigenvalue weighted by Crippen LogP contribution is -2.32. The summed E-state index contributed by atoms with van der Waals surface area (Å²) in [5.74, 6) is -1.55. The molecular weight excluding hydrogens is 396 g/mol. The van der Waals surface area contributed by atoms with Crippen LogP contribution in [0.25, 0.3) is 0 Å². The molecule has 0 aromatic carbocycles. The van der Waals surface area contributed by atoms with Gasteiger partial charge in [0, 0.05) is 4.88 Å². The molecule has 0 saturated heterocycles. The van der Waals surface area contributed by atoms with Gasteiger partial charge in [0.1, 0.15) is 23.7 Å². The molecule has 0 radical (unpaired) electrons. The molecule has 9 nitrogen and oxygen atoms in total. The summed E-state index contributed by atoms with van der Waals surface area (Å²) in [7, 11) is 0. The third-order valence-corrected chi connectivity index (χ3v) is 5.93. The zero-order valence-electron chi connectivity index (χ0n) is 16.6. The van der Waals surface area contributed by atoms with Gasteiger partial charge in [0.2, 0.25) is 0 Å². The Morgan fingerprint density at radius 1 is 1.28 bits per heavy atom. The quantitative estimate of drug-likeness (QED) is 0.685. The molecule has 1 aliphatic carbocycles. The van der Waals surface area contributed by atoms with Crippen LogP contribution in [0.5, 0.6) is 0 Å². The van der Waals surface area contributed by atoms with Crippen LogP contribution < -0.4 is 5.32 Å². The zero-order valence-corrected chi connectivity index (χ0v) is 17.5. The number of carbonyl (C=O) groups excluding carboxylic acids is 3. The molecule has 2 atom stereocenters. The number of nitrogens with one attached hydrogen (secondary N) is 1. The predicted octanol–water partition coefficient (Wildman–Crippen LogP) is 2.53. The molecule has 0 fully saturated rings. The van der Waals surface area contributed by atoms with Crippen molar-refractivity contribution < 1.29 is 23.9 Å². The maximum absolute atomic E-state index is 12.6. The Morgan fingerprint density at radius 3 is 2.72 bits per heavy atom. The molecule has 156 valence electrons. The van der Waals surface area contributed by atoms with E-state index in [4.69, 9.17) is 9.47 Å². The Balaban J connectivity index is 1.71. The molecule has 0 saturated carbocycles. The van der Waals surface area contributed by atoms with Crippen LogP contribution >= 0.6 is 11.3 Å². The van der Waals surface area contributed by atoms with Gasteiger partial charge in [0.15, 0.2) is 6.10 Å². The Bertz CT molecular complexity index is 893. The van der Waals surface area contributed by atoms with E-state index < -0.39 is 30.0 Å². The second kappa shape index (κ2) is 9.17. The summed E-state index contributed by atoms with van der Waals surface area (Å²) >= 11 is 1.39. The number of amides is 1. The van der Waals surface area contributed by atoms with Gasteiger partial charge in [-0.25, -0.2) is 19.3 Å². The van der Waals surface area contributed by atoms with Crippen molar-refractivity contribution >= 4 is 34.2 Å². The lowest BCUT2D eigenvalue weighted by molar-refractivity contribution is -0.156. The van der Waals surface area contributed by atoms with E-state index in [2.05, 4.69) is 15.4 Å². The summed E-state index contributed by atoms with van der Waals surface area (Å²) in [6.45, 7) is 5.09. The summed E-state index contributed by atoms with van der Waals surface area (Å²) in [6, 6.07) is -0.711. The number of nitrogens with zero attached hydrogens (tertiary/aromatic N) is 3. The van der Waals surface area contributed by atoms with Crippen LogP contribution in [0.4, 0.5) is 5.00 Å². The topological polar surface area (TPSA) is 112 Å². The van der Waals surface area contributed by atoms with Crippen LogP contribution in [0.2, 0.25) is 0 Å². The second-order valence-electron chi connectivity index (χ2n) is 6.76. The van der Waals surface area contributed by atoms with Gasteiger partial charge in [-0.1, -0.05) is 0 Å². The van der Waals surface area contributed by atoms with E-state index >= 15 is 0 Å². The first-order chi connectivity index (χ1) is 13.9. The van der Waals surface area contributed by atoms with E-state index in [1.807, 2.05) is 0 Å². The maximum Gasteiger partial charge on any atom is 0.341 e. The summed E-state index contributed by atoms with van der Waals surface area (Å²) < 4.78 is 11.8. The molecule has 0 aliphatic heterocycles. The van der Waals surface area contributed by atoms with E-state index in [0.717, 1.165) is 36.1 Å². The molecule has 2 heterocycles. The number of thiophene rings is 1. The Hall–Kier alpha value is -2.75. The van der Waals surface area contributed by atoms with Crippen LogP contribution in [0.1, 0.15) is 60.5 Å². The fraction of sp³-hybridized carbons (Fsp3) is 0.526. The molecule has 0 bridgehead atoms. The molecule has 3 rings (SSSR count). The summed E-state index contributed by atoms with van der Waals surface area (Å²) in [5, 5.41) is 7.10. The zero-order chi connectivity index (χ0) is 21.0. The first-order valence-corrected chi connectivity index (χ1v) is 10.4. The van der Waals surface area contributed by atoms with Gasteiger partial charge in [-0.15, -0.1) is 11.3 Å². The number of hydrogen-bond donors (Lipinski definition) is 1. The van der Waals surface area contributed by atoms with Gasteiger partial charge in [-0.05, 0) is 52.0 Å². The van der Waals surface area contributed by atoms with Crippen molar-refractivity contribution in [2.45, 2.75) is 58.6 Å². The summed E-state index contributed by atoms with van der Waals surface area (Å²) in [4.78, 5) is 42.3. The SMILES string of the molecule is CCOC(=O)c1c(NC(=O)[C@@H](C)OC(=O)[C@@H](C)n2cncn2)sc2c1CCCC2. The van der Waals surface area contributed by atoms with Crippen LogP contribution in [-0.4, -0.2) is 45.3 Å². The van der Waals surface area contributed by atoms with Gasteiger partial charge < -0.3 is 14.8 Å². The van der Waals surface area contributed by atoms with Crippen molar-refractivity contribution in [3.63, 3.8) is 0 Å². The highest BCUT2D eigenvalue weighted by Gasteiger charge is 2.29. The van der Waals surface area contributed by atoms with Gasteiger partial charge in [-0.2, -0.15) is 5.10 Å². The fourth-order valence-electron chi connectivity index (χ4n) is 3.14. The third-order valence-electron chi connectivity index (χ3n) is 4.72. The minimum absolute atomic E-state index is 0.255. The van der Waals surface area contributed by atoms with Gasteiger partial charge >= 0.3 is 11.9 Å². The standard InChI is InChI=1S/C19H24N4O5S/c1-4-27-19(26)15-13-7-5-6-8-14(13)29-17(15)22-16(24)12(3)28-18(25)11(2)23-10-20-9-21-23/h9-12H,4-8H2,1-3H3,(H,22,24)/t11-,12-/m1/s1. The van der Waals surface area contributed by atoms with E-state index in [0.29, 0.717) is 10.6 Å². The minimum atomic E-state index is -1.04. The Morgan fingerprint density at radius 2 is 2.03 bits per heavy atom. The highest BCUT2D eigenvalue weighted by atomic mass is 32.1. The van der Waals surface area contributed by atoms with E-state index in [1.54, 1.807) is 13.8 Å². The number of carbonyl (C=O) groups is 3. The lowest BCUT2D eigenvalue weighted by atomic mass is 9.95. The van der Waals surface area contributed by atoms with Crippen molar-refractivity contribution in [1.82, 2.24) is 14.8 Å². The number of rotatable bonds is 7. The molecule has 2 aromatic heterocycles. The second-order valence-corrected chi connectivity index (χ2v) is 7.86. The lowest BCUT2D eigenvalue weighted by Gasteiger charge is -2.16. The van der Waals surface area contributed by atoms with Crippen molar-refractivity contribution in [2.75, 3.05) is 11.9 Å². The van der Waals surface area contributed by atoms with Crippen LogP contribution in [-0.2, 0) is 31.9 Å². The number of fused-ring (bicyclic) bond motifs is 1. The highest BCUT2D eigenvalue weighted by molar-refractivity contribution is 7.17. The summed E-state index contributed by atoms with van der Waals surface area (Å²) in [6.07, 6.45) is 5.39.